The molecule has 104 valence electrons. The highest BCUT2D eigenvalue weighted by atomic mass is 16.5. The normalized spacial score (nSPS) is 11.7. The average molecular weight is 270 g/mol. The molecule has 0 saturated heterocycles. The van der Waals surface area contributed by atoms with Crippen LogP contribution in [-0.4, -0.2) is 13.0 Å². The van der Waals surface area contributed by atoms with Crippen LogP contribution in [0.3, 0.4) is 0 Å². The molecular formula is C16H18N2O2. The molecule has 1 amide bonds. The first-order chi connectivity index (χ1) is 9.70. The van der Waals surface area contributed by atoms with Crippen LogP contribution in [0.4, 0.5) is 5.69 Å². The van der Waals surface area contributed by atoms with E-state index < -0.39 is 0 Å². The van der Waals surface area contributed by atoms with Crippen LogP contribution < -0.4 is 15.8 Å². The Morgan fingerprint density at radius 1 is 1.15 bits per heavy atom. The number of nitrogens with one attached hydrogen (secondary N) is 1. The topological polar surface area (TPSA) is 64.3 Å². The summed E-state index contributed by atoms with van der Waals surface area (Å²) < 4.78 is 5.19. The molecule has 3 N–H and O–H groups in total. The Labute approximate surface area is 118 Å². The second kappa shape index (κ2) is 6.73. The van der Waals surface area contributed by atoms with Crippen molar-refractivity contribution in [3.8, 4) is 5.75 Å². The van der Waals surface area contributed by atoms with Gasteiger partial charge in [0.2, 0.25) is 5.91 Å². The lowest BCUT2D eigenvalue weighted by Gasteiger charge is -2.13. The van der Waals surface area contributed by atoms with E-state index in [0.717, 1.165) is 5.56 Å². The van der Waals surface area contributed by atoms with Gasteiger partial charge < -0.3 is 15.8 Å². The van der Waals surface area contributed by atoms with Crippen molar-refractivity contribution in [3.05, 3.63) is 60.2 Å². The third kappa shape index (κ3) is 3.59. The highest BCUT2D eigenvalue weighted by Crippen LogP contribution is 2.24. The number of nitrogens with two attached hydrogens (primary N) is 1. The van der Waals surface area contributed by atoms with Crippen LogP contribution in [0.2, 0.25) is 0 Å². The van der Waals surface area contributed by atoms with Crippen molar-refractivity contribution in [1.29, 1.82) is 0 Å². The van der Waals surface area contributed by atoms with Crippen molar-refractivity contribution < 1.29 is 9.53 Å². The maximum Gasteiger partial charge on any atom is 0.226 e. The summed E-state index contributed by atoms with van der Waals surface area (Å²) in [5.74, 6) is 0.500. The van der Waals surface area contributed by atoms with Gasteiger partial charge >= 0.3 is 0 Å². The Morgan fingerprint density at radius 2 is 1.80 bits per heavy atom. The maximum atomic E-state index is 12.0. The molecule has 2 aromatic rings. The van der Waals surface area contributed by atoms with Crippen LogP contribution in [0.1, 0.15) is 18.0 Å². The molecule has 2 rings (SSSR count). The molecule has 0 aromatic heterocycles. The molecule has 0 spiro atoms. The van der Waals surface area contributed by atoms with Gasteiger partial charge in [-0.05, 0) is 17.7 Å². The highest BCUT2D eigenvalue weighted by Gasteiger charge is 2.13. The van der Waals surface area contributed by atoms with Gasteiger partial charge in [0, 0.05) is 12.5 Å². The van der Waals surface area contributed by atoms with Crippen molar-refractivity contribution in [2.24, 2.45) is 5.73 Å². The fourth-order valence-electron chi connectivity index (χ4n) is 1.97. The number of ether oxygens (including phenoxy) is 1. The third-order valence-corrected chi connectivity index (χ3v) is 3.01. The van der Waals surface area contributed by atoms with Crippen LogP contribution in [0.5, 0.6) is 5.75 Å². The standard InChI is InChI=1S/C16H18N2O2/c1-20-15-10-6-5-9-14(15)18-16(19)11-13(17)12-7-3-2-4-8-12/h2-10,13H,11,17H2,1H3,(H,18,19). The molecule has 0 fully saturated rings. The fourth-order valence-corrected chi connectivity index (χ4v) is 1.97. The van der Waals surface area contributed by atoms with Gasteiger partial charge in [-0.2, -0.15) is 0 Å². The Kier molecular flexibility index (Phi) is 4.74. The number of para-hydroxylation sites is 2. The highest BCUT2D eigenvalue weighted by molar-refractivity contribution is 5.92. The molecule has 1 atom stereocenters. The number of benzene rings is 2. The number of carbonyl (C=O) groups is 1. The summed E-state index contributed by atoms with van der Waals surface area (Å²) >= 11 is 0. The first kappa shape index (κ1) is 14.1. The summed E-state index contributed by atoms with van der Waals surface area (Å²) in [7, 11) is 1.57. The summed E-state index contributed by atoms with van der Waals surface area (Å²) in [5.41, 5.74) is 7.63. The molecule has 0 radical (unpaired) electrons. The minimum absolute atomic E-state index is 0.133. The van der Waals surface area contributed by atoms with E-state index in [4.69, 9.17) is 10.5 Å². The lowest BCUT2D eigenvalue weighted by atomic mass is 10.0. The van der Waals surface area contributed by atoms with E-state index >= 15 is 0 Å². The largest absolute Gasteiger partial charge is 0.495 e. The summed E-state index contributed by atoms with van der Waals surface area (Å²) in [6.45, 7) is 0. The third-order valence-electron chi connectivity index (χ3n) is 3.01. The number of amides is 1. The summed E-state index contributed by atoms with van der Waals surface area (Å²) in [6, 6.07) is 16.6. The maximum absolute atomic E-state index is 12.0. The van der Waals surface area contributed by atoms with Crippen LogP contribution in [0.15, 0.2) is 54.6 Å². The Bertz CT molecular complexity index is 570. The zero-order valence-corrected chi connectivity index (χ0v) is 11.4. The van der Waals surface area contributed by atoms with E-state index in [2.05, 4.69) is 5.32 Å². The molecule has 4 heteroatoms. The summed E-state index contributed by atoms with van der Waals surface area (Å²) in [6.07, 6.45) is 0.224. The number of rotatable bonds is 5. The van der Waals surface area contributed by atoms with E-state index in [1.807, 2.05) is 42.5 Å². The first-order valence-electron chi connectivity index (χ1n) is 6.44. The Hall–Kier alpha value is -2.33. The Balaban J connectivity index is 1.99. The van der Waals surface area contributed by atoms with Gasteiger partial charge in [0.05, 0.1) is 12.8 Å². The number of hydrogen-bond donors (Lipinski definition) is 2. The summed E-state index contributed by atoms with van der Waals surface area (Å²) in [4.78, 5) is 12.0. The number of hydrogen-bond acceptors (Lipinski definition) is 3. The van der Waals surface area contributed by atoms with E-state index in [1.165, 1.54) is 0 Å². The van der Waals surface area contributed by atoms with E-state index in [9.17, 15) is 4.79 Å². The molecule has 0 aliphatic carbocycles. The molecule has 2 aromatic carbocycles. The molecule has 20 heavy (non-hydrogen) atoms. The molecule has 0 heterocycles. The van der Waals surface area contributed by atoms with Crippen LogP contribution in [0, 0.1) is 0 Å². The zero-order chi connectivity index (χ0) is 14.4. The first-order valence-corrected chi connectivity index (χ1v) is 6.44. The molecular weight excluding hydrogens is 252 g/mol. The molecule has 0 aliphatic rings. The number of carbonyl (C=O) groups excluding carboxylic acids is 1. The monoisotopic (exact) mass is 270 g/mol. The van der Waals surface area contributed by atoms with Crippen LogP contribution >= 0.6 is 0 Å². The van der Waals surface area contributed by atoms with Crippen molar-refractivity contribution >= 4 is 11.6 Å². The van der Waals surface area contributed by atoms with E-state index in [-0.39, 0.29) is 18.4 Å². The van der Waals surface area contributed by atoms with Crippen molar-refractivity contribution in [2.75, 3.05) is 12.4 Å². The fraction of sp³-hybridized carbons (Fsp3) is 0.188. The van der Waals surface area contributed by atoms with E-state index in [1.54, 1.807) is 19.2 Å². The second-order valence-corrected chi connectivity index (χ2v) is 4.47. The Morgan fingerprint density at radius 3 is 2.50 bits per heavy atom. The van der Waals surface area contributed by atoms with E-state index in [0.29, 0.717) is 11.4 Å². The average Bonchev–Trinajstić information content (AvgIpc) is 2.48. The number of anilines is 1. The van der Waals surface area contributed by atoms with Gasteiger partial charge in [-0.25, -0.2) is 0 Å². The lowest BCUT2D eigenvalue weighted by molar-refractivity contribution is -0.116. The predicted molar refractivity (Wildman–Crippen MR) is 79.6 cm³/mol. The van der Waals surface area contributed by atoms with Gasteiger partial charge in [0.25, 0.3) is 0 Å². The molecule has 4 nitrogen and oxygen atoms in total. The van der Waals surface area contributed by atoms with Gasteiger partial charge in [-0.3, -0.25) is 4.79 Å². The van der Waals surface area contributed by atoms with Crippen LogP contribution in [0.25, 0.3) is 0 Å². The van der Waals surface area contributed by atoms with Crippen LogP contribution in [-0.2, 0) is 4.79 Å². The summed E-state index contributed by atoms with van der Waals surface area (Å²) in [5, 5.41) is 2.82. The smallest absolute Gasteiger partial charge is 0.226 e. The molecule has 0 saturated carbocycles. The van der Waals surface area contributed by atoms with Gasteiger partial charge in [-0.1, -0.05) is 42.5 Å². The van der Waals surface area contributed by atoms with Gasteiger partial charge in [0.1, 0.15) is 5.75 Å². The van der Waals surface area contributed by atoms with Crippen molar-refractivity contribution in [2.45, 2.75) is 12.5 Å². The minimum atomic E-state index is -0.314. The zero-order valence-electron chi connectivity index (χ0n) is 11.4. The predicted octanol–water partition coefficient (Wildman–Crippen LogP) is 2.72. The number of methoxy groups -OCH3 is 1. The SMILES string of the molecule is COc1ccccc1NC(=O)CC(N)c1ccccc1. The van der Waals surface area contributed by atoms with Gasteiger partial charge in [-0.15, -0.1) is 0 Å². The molecule has 0 bridgehead atoms. The lowest BCUT2D eigenvalue weighted by Crippen LogP contribution is -2.20. The van der Waals surface area contributed by atoms with Crippen molar-refractivity contribution in [1.82, 2.24) is 0 Å². The van der Waals surface area contributed by atoms with Crippen molar-refractivity contribution in [3.63, 3.8) is 0 Å². The van der Waals surface area contributed by atoms with Gasteiger partial charge in [0.15, 0.2) is 0 Å². The molecule has 1 unspecified atom stereocenters. The minimum Gasteiger partial charge on any atom is -0.495 e. The second-order valence-electron chi connectivity index (χ2n) is 4.47. The molecule has 0 aliphatic heterocycles. The quantitative estimate of drug-likeness (QED) is 0.878.